The third kappa shape index (κ3) is 8.36. The average molecular weight is 881 g/mol. The average Bonchev–Trinajstić information content (AvgIpc) is 3.39. The Bertz CT molecular complexity index is 2830. The number of rotatable bonds is 10. The molecule has 0 radical (unpaired) electrons. The Morgan fingerprint density at radius 3 is 0.851 bits per heavy atom. The van der Waals surface area contributed by atoms with Gasteiger partial charge < -0.3 is 38.5 Å². The van der Waals surface area contributed by atoms with Crippen molar-refractivity contribution in [2.75, 3.05) is 46.5 Å². The normalized spacial score (nSPS) is 14.9. The molecule has 67 heavy (non-hydrogen) atoms. The zero-order valence-electron chi connectivity index (χ0n) is 37.5. The van der Waals surface area contributed by atoms with E-state index in [1.54, 1.807) is 0 Å². The Labute approximate surface area is 392 Å². The van der Waals surface area contributed by atoms with Crippen LogP contribution in [0, 0.1) is 0 Å². The monoisotopic (exact) mass is 880 g/mol. The van der Waals surface area contributed by atoms with Gasteiger partial charge in [0.15, 0.2) is 26.9 Å². The molecule has 0 amide bonds. The predicted octanol–water partition coefficient (Wildman–Crippen LogP) is 11.9. The SMILES string of the molecule is c1ccc(N2COc3c(Cc4cccc5c4OCN(c4ccc(Cc6ccc(N7COc8c(Cc9cccc%10c9OCN(c9ccccc9)C%10)cccc8C7)cc6)cc4)C5)cccc3C2)cc1. The summed E-state index contributed by atoms with van der Waals surface area (Å²) in [5, 5.41) is 0. The highest BCUT2D eigenvalue weighted by Gasteiger charge is 2.26. The molecule has 0 N–H and O–H groups in total. The Hall–Kier alpha value is -7.84. The molecule has 0 bridgehead atoms. The van der Waals surface area contributed by atoms with E-state index in [-0.39, 0.29) is 0 Å². The van der Waals surface area contributed by atoms with Crippen LogP contribution in [0.5, 0.6) is 23.0 Å². The van der Waals surface area contributed by atoms with Gasteiger partial charge in [0.1, 0.15) is 23.0 Å². The third-order valence-corrected chi connectivity index (χ3v) is 13.6. The van der Waals surface area contributed by atoms with Crippen molar-refractivity contribution < 1.29 is 18.9 Å². The van der Waals surface area contributed by atoms with Crippen LogP contribution in [0.25, 0.3) is 0 Å². The van der Waals surface area contributed by atoms with E-state index in [2.05, 4.69) is 189 Å². The highest BCUT2D eigenvalue weighted by molar-refractivity contribution is 5.59. The second kappa shape index (κ2) is 17.9. The number of anilines is 4. The molecule has 0 fully saturated rings. The number of hydrogen-bond donors (Lipinski definition) is 0. The molecule has 332 valence electrons. The number of benzene rings is 8. The second-order valence-electron chi connectivity index (χ2n) is 18.0. The molecule has 4 aliphatic heterocycles. The molecule has 0 unspecified atom stereocenters. The van der Waals surface area contributed by atoms with Crippen LogP contribution < -0.4 is 38.5 Å². The minimum absolute atomic E-state index is 0.505. The first-order valence-electron chi connectivity index (χ1n) is 23.4. The molecule has 8 aromatic rings. The smallest absolute Gasteiger partial charge is 0.161 e. The number of ether oxygens (including phenoxy) is 4. The van der Waals surface area contributed by atoms with Crippen LogP contribution in [0.4, 0.5) is 22.7 Å². The molecule has 0 saturated heterocycles. The van der Waals surface area contributed by atoms with Crippen molar-refractivity contribution in [3.63, 3.8) is 0 Å². The molecule has 4 aliphatic rings. The highest BCUT2D eigenvalue weighted by atomic mass is 16.5. The molecule has 8 heteroatoms. The first kappa shape index (κ1) is 40.7. The fraction of sp³-hybridized carbons (Fsp3) is 0.186. The quantitative estimate of drug-likeness (QED) is 0.135. The lowest BCUT2D eigenvalue weighted by Crippen LogP contribution is -2.32. The standard InChI is InChI=1S/C59H52N4O4/c1-3-19-52(20-4-1)60-34-48-15-7-11-44(56(48)64-38-60)32-46-13-9-17-50-36-62(40-66-58(46)50)54-27-23-42(24-28-54)31-43-25-29-55(30-26-43)63-37-51-18-10-14-47(59(51)67-41-63)33-45-12-8-16-49-35-61(39-65-57(45)49)53-21-5-2-6-22-53/h1-30H,31-41H2. The van der Waals surface area contributed by atoms with E-state index in [1.165, 1.54) is 67.0 Å². The molecular weight excluding hydrogens is 829 g/mol. The van der Waals surface area contributed by atoms with Gasteiger partial charge in [0.25, 0.3) is 0 Å². The van der Waals surface area contributed by atoms with Crippen LogP contribution in [0.15, 0.2) is 182 Å². The van der Waals surface area contributed by atoms with Gasteiger partial charge in [-0.2, -0.15) is 0 Å². The summed E-state index contributed by atoms with van der Waals surface area (Å²) in [7, 11) is 0. The number of hydrogen-bond acceptors (Lipinski definition) is 8. The van der Waals surface area contributed by atoms with E-state index >= 15 is 0 Å². The largest absolute Gasteiger partial charge is 0.472 e. The van der Waals surface area contributed by atoms with Crippen LogP contribution in [-0.4, -0.2) is 26.9 Å². The molecule has 0 spiro atoms. The maximum atomic E-state index is 6.54. The van der Waals surface area contributed by atoms with E-state index in [9.17, 15) is 0 Å². The highest BCUT2D eigenvalue weighted by Crippen LogP contribution is 2.39. The van der Waals surface area contributed by atoms with Crippen LogP contribution >= 0.6 is 0 Å². The van der Waals surface area contributed by atoms with Gasteiger partial charge in [-0.1, -0.05) is 133 Å². The Balaban J connectivity index is 0.661. The minimum Gasteiger partial charge on any atom is -0.472 e. The van der Waals surface area contributed by atoms with Gasteiger partial charge in [-0.25, -0.2) is 0 Å². The lowest BCUT2D eigenvalue weighted by molar-refractivity contribution is 0.283. The number of fused-ring (bicyclic) bond motifs is 4. The molecule has 8 nitrogen and oxygen atoms in total. The van der Waals surface area contributed by atoms with Crippen molar-refractivity contribution in [1.82, 2.24) is 0 Å². The van der Waals surface area contributed by atoms with Crippen molar-refractivity contribution in [3.05, 3.63) is 238 Å². The summed E-state index contributed by atoms with van der Waals surface area (Å²) in [5.74, 6) is 4.00. The van der Waals surface area contributed by atoms with Crippen molar-refractivity contribution in [3.8, 4) is 23.0 Å². The van der Waals surface area contributed by atoms with Gasteiger partial charge in [0, 0.05) is 84.0 Å². The first-order valence-corrected chi connectivity index (χ1v) is 23.4. The number of para-hydroxylation sites is 6. The summed E-state index contributed by atoms with van der Waals surface area (Å²) in [6, 6.07) is 64.9. The van der Waals surface area contributed by atoms with E-state index in [0.29, 0.717) is 26.9 Å². The van der Waals surface area contributed by atoms with E-state index < -0.39 is 0 Å². The molecule has 12 rings (SSSR count). The maximum Gasteiger partial charge on any atom is 0.161 e. The minimum atomic E-state index is 0.505. The Morgan fingerprint density at radius 2 is 0.552 bits per heavy atom. The van der Waals surface area contributed by atoms with Crippen molar-refractivity contribution in [2.24, 2.45) is 0 Å². The first-order chi connectivity index (χ1) is 33.1. The van der Waals surface area contributed by atoms with Crippen LogP contribution in [-0.2, 0) is 45.4 Å². The predicted molar refractivity (Wildman–Crippen MR) is 267 cm³/mol. The van der Waals surface area contributed by atoms with E-state index in [0.717, 1.165) is 79.8 Å². The van der Waals surface area contributed by atoms with Gasteiger partial charge in [0.2, 0.25) is 0 Å². The van der Waals surface area contributed by atoms with Gasteiger partial charge in [-0.15, -0.1) is 0 Å². The molecule has 0 aliphatic carbocycles. The Morgan fingerprint density at radius 1 is 0.269 bits per heavy atom. The molecule has 4 heterocycles. The van der Waals surface area contributed by atoms with Crippen molar-refractivity contribution in [1.29, 1.82) is 0 Å². The summed E-state index contributed by atoms with van der Waals surface area (Å²) in [6.07, 6.45) is 2.38. The number of nitrogens with zero attached hydrogens (tertiary/aromatic N) is 4. The summed E-state index contributed by atoms with van der Waals surface area (Å²) >= 11 is 0. The second-order valence-corrected chi connectivity index (χ2v) is 18.0. The van der Waals surface area contributed by atoms with E-state index in [4.69, 9.17) is 18.9 Å². The summed E-state index contributed by atoms with van der Waals surface area (Å²) in [4.78, 5) is 9.15. The summed E-state index contributed by atoms with van der Waals surface area (Å²) < 4.78 is 25.9. The van der Waals surface area contributed by atoms with Crippen LogP contribution in [0.2, 0.25) is 0 Å². The van der Waals surface area contributed by atoms with Crippen molar-refractivity contribution >= 4 is 22.7 Å². The molecule has 0 atom stereocenters. The molecule has 0 aromatic heterocycles. The van der Waals surface area contributed by atoms with Crippen LogP contribution in [0.3, 0.4) is 0 Å². The zero-order valence-corrected chi connectivity index (χ0v) is 37.5. The molecular formula is C59H52N4O4. The lowest BCUT2D eigenvalue weighted by Gasteiger charge is -2.33. The van der Waals surface area contributed by atoms with Gasteiger partial charge in [-0.05, 0) is 88.3 Å². The van der Waals surface area contributed by atoms with Crippen LogP contribution in [0.1, 0.15) is 55.6 Å². The lowest BCUT2D eigenvalue weighted by atomic mass is 9.97. The zero-order chi connectivity index (χ0) is 44.5. The fourth-order valence-corrected chi connectivity index (χ4v) is 10.2. The molecule has 0 saturated carbocycles. The molecule has 8 aromatic carbocycles. The van der Waals surface area contributed by atoms with Gasteiger partial charge in [0.05, 0.1) is 0 Å². The maximum absolute atomic E-state index is 6.54. The topological polar surface area (TPSA) is 49.9 Å². The Kier molecular flexibility index (Phi) is 10.8. The third-order valence-electron chi connectivity index (χ3n) is 13.6. The van der Waals surface area contributed by atoms with Gasteiger partial charge in [-0.3, -0.25) is 0 Å². The summed E-state index contributed by atoms with van der Waals surface area (Å²) in [6.45, 7) is 5.32. The fourth-order valence-electron chi connectivity index (χ4n) is 10.2. The van der Waals surface area contributed by atoms with E-state index in [1.807, 2.05) is 12.1 Å². The van der Waals surface area contributed by atoms with Crippen molar-refractivity contribution in [2.45, 2.75) is 45.4 Å². The summed E-state index contributed by atoms with van der Waals surface area (Å²) in [5.41, 5.74) is 16.8. The van der Waals surface area contributed by atoms with Gasteiger partial charge >= 0.3 is 0 Å².